The Hall–Kier alpha value is 0.250. The Morgan fingerprint density at radius 3 is 2.12 bits per heavy atom. The Kier molecular flexibility index (Phi) is 5.82. The molecule has 2 aliphatic rings. The van der Waals surface area contributed by atoms with Crippen molar-refractivity contribution in [2.24, 2.45) is 5.73 Å². The summed E-state index contributed by atoms with van der Waals surface area (Å²) in [4.78, 5) is 0. The molecule has 3 nitrogen and oxygen atoms in total. The fourth-order valence-electron chi connectivity index (χ4n) is 2.25. The third kappa shape index (κ3) is 3.37. The van der Waals surface area contributed by atoms with Gasteiger partial charge in [-0.1, -0.05) is 0 Å². The van der Waals surface area contributed by atoms with Gasteiger partial charge in [0.05, 0.1) is 0 Å². The fraction of sp³-hybridized carbons (Fsp3) is 1.00. The zero-order valence-electron chi connectivity index (χ0n) is 8.46. The number of hydrogen-bond acceptors (Lipinski definition) is 3. The highest BCUT2D eigenvalue weighted by molar-refractivity contribution is 5.85. The second-order valence-electron chi connectivity index (χ2n) is 4.09. The average molecular weight is 282 g/mol. The lowest BCUT2D eigenvalue weighted by molar-refractivity contribution is -0.158. The number of hydrogen-bond donors (Lipinski definition) is 3. The first kappa shape index (κ1) is 16.2. The van der Waals surface area contributed by atoms with E-state index in [0.29, 0.717) is 6.42 Å². The first-order valence-electron chi connectivity index (χ1n) is 4.81. The van der Waals surface area contributed by atoms with Crippen LogP contribution >= 0.6 is 24.8 Å². The minimum absolute atomic E-state index is 0. The van der Waals surface area contributed by atoms with E-state index < -0.39 is 12.3 Å². The first-order valence-corrected chi connectivity index (χ1v) is 4.81. The maximum absolute atomic E-state index is 12.3. The molecular weight excluding hydrogens is 266 g/mol. The van der Waals surface area contributed by atoms with Gasteiger partial charge in [-0.15, -0.1) is 24.8 Å². The van der Waals surface area contributed by atoms with Gasteiger partial charge in [0.25, 0.3) is 0 Å². The first-order chi connectivity index (χ1) is 6.47. The van der Waals surface area contributed by atoms with Gasteiger partial charge in [0.15, 0.2) is 6.17 Å². The monoisotopic (exact) mass is 281 g/mol. The third-order valence-corrected chi connectivity index (χ3v) is 2.98. The minimum atomic E-state index is -4.21. The van der Waals surface area contributed by atoms with Gasteiger partial charge in [0.1, 0.15) is 0 Å². The average Bonchev–Trinajstić information content (AvgIpc) is 2.45. The summed E-state index contributed by atoms with van der Waals surface area (Å²) < 4.78 is 37.0. The molecule has 1 saturated heterocycles. The maximum Gasteiger partial charge on any atom is 0.417 e. The number of nitrogens with two attached hydrogens (primary N) is 1. The molecule has 8 heteroatoms. The third-order valence-electron chi connectivity index (χ3n) is 2.98. The zero-order valence-corrected chi connectivity index (χ0v) is 10.1. The van der Waals surface area contributed by atoms with Crippen LogP contribution in [0.1, 0.15) is 19.3 Å². The molecule has 0 amide bonds. The topological polar surface area (TPSA) is 50.1 Å². The van der Waals surface area contributed by atoms with E-state index in [1.54, 1.807) is 0 Å². The molecule has 0 aromatic carbocycles. The van der Waals surface area contributed by atoms with Crippen LogP contribution in [0.5, 0.6) is 0 Å². The summed E-state index contributed by atoms with van der Waals surface area (Å²) in [5.74, 6) is 0. The van der Waals surface area contributed by atoms with Crippen molar-refractivity contribution in [3.63, 3.8) is 0 Å². The lowest BCUT2D eigenvalue weighted by Gasteiger charge is -2.28. The number of halogens is 5. The van der Waals surface area contributed by atoms with Crippen molar-refractivity contribution in [2.45, 2.75) is 49.7 Å². The van der Waals surface area contributed by atoms with E-state index in [0.717, 1.165) is 12.8 Å². The molecule has 0 bridgehead atoms. The van der Waals surface area contributed by atoms with Gasteiger partial charge in [-0.05, 0) is 19.3 Å². The van der Waals surface area contributed by atoms with Gasteiger partial charge in [-0.3, -0.25) is 10.6 Å². The van der Waals surface area contributed by atoms with E-state index in [1.807, 2.05) is 0 Å². The van der Waals surface area contributed by atoms with Crippen molar-refractivity contribution in [3.8, 4) is 0 Å². The zero-order chi connectivity index (χ0) is 10.3. The van der Waals surface area contributed by atoms with Gasteiger partial charge in [-0.2, -0.15) is 13.2 Å². The molecule has 0 aromatic heterocycles. The SMILES string of the molecule is Cl.Cl.NC1CCC2NC(C(F)(F)F)NC2C1. The van der Waals surface area contributed by atoms with Gasteiger partial charge in [-0.25, -0.2) is 0 Å². The molecule has 1 saturated carbocycles. The van der Waals surface area contributed by atoms with Gasteiger partial charge in [0, 0.05) is 18.1 Å². The van der Waals surface area contributed by atoms with E-state index in [4.69, 9.17) is 5.73 Å². The Bertz CT molecular complexity index is 227. The maximum atomic E-state index is 12.3. The lowest BCUT2D eigenvalue weighted by atomic mass is 9.88. The second-order valence-corrected chi connectivity index (χ2v) is 4.09. The van der Waals surface area contributed by atoms with Crippen molar-refractivity contribution in [1.82, 2.24) is 10.6 Å². The van der Waals surface area contributed by atoms with Crippen LogP contribution in [0.25, 0.3) is 0 Å². The van der Waals surface area contributed by atoms with Crippen LogP contribution in [-0.4, -0.2) is 30.5 Å². The van der Waals surface area contributed by atoms with E-state index >= 15 is 0 Å². The normalized spacial score (nSPS) is 38.2. The number of rotatable bonds is 0. The predicted octanol–water partition coefficient (Wildman–Crippen LogP) is 1.16. The highest BCUT2D eigenvalue weighted by atomic mass is 35.5. The van der Waals surface area contributed by atoms with E-state index in [1.165, 1.54) is 0 Å². The Labute approximate surface area is 105 Å². The molecule has 0 radical (unpaired) electrons. The van der Waals surface area contributed by atoms with Crippen molar-refractivity contribution >= 4 is 24.8 Å². The quantitative estimate of drug-likeness (QED) is 0.625. The van der Waals surface area contributed by atoms with Gasteiger partial charge < -0.3 is 5.73 Å². The van der Waals surface area contributed by atoms with Crippen molar-refractivity contribution in [3.05, 3.63) is 0 Å². The molecule has 1 aliphatic carbocycles. The summed E-state index contributed by atoms with van der Waals surface area (Å²) in [6.07, 6.45) is -3.60. The lowest BCUT2D eigenvalue weighted by Crippen LogP contribution is -2.46. The number of fused-ring (bicyclic) bond motifs is 1. The van der Waals surface area contributed by atoms with Crippen LogP contribution < -0.4 is 16.4 Å². The fourth-order valence-corrected chi connectivity index (χ4v) is 2.25. The number of alkyl halides is 3. The predicted molar refractivity (Wildman–Crippen MR) is 60.0 cm³/mol. The molecule has 16 heavy (non-hydrogen) atoms. The molecule has 98 valence electrons. The second kappa shape index (κ2) is 5.73. The molecule has 1 heterocycles. The Balaban J connectivity index is 0.00000112. The molecule has 1 aliphatic heterocycles. The summed E-state index contributed by atoms with van der Waals surface area (Å²) in [7, 11) is 0. The molecule has 2 rings (SSSR count). The van der Waals surface area contributed by atoms with Gasteiger partial charge >= 0.3 is 6.18 Å². The van der Waals surface area contributed by atoms with E-state index in [9.17, 15) is 13.2 Å². The van der Waals surface area contributed by atoms with Crippen molar-refractivity contribution in [1.29, 1.82) is 0 Å². The molecule has 4 unspecified atom stereocenters. The summed E-state index contributed by atoms with van der Waals surface area (Å²) in [6, 6.07) is -0.149. The highest BCUT2D eigenvalue weighted by Gasteiger charge is 2.48. The van der Waals surface area contributed by atoms with Crippen LogP contribution in [0.4, 0.5) is 13.2 Å². The highest BCUT2D eigenvalue weighted by Crippen LogP contribution is 2.28. The van der Waals surface area contributed by atoms with Crippen molar-refractivity contribution < 1.29 is 13.2 Å². The Morgan fingerprint density at radius 2 is 1.56 bits per heavy atom. The molecule has 4 N–H and O–H groups in total. The molecular formula is C8H16Cl2F3N3. The summed E-state index contributed by atoms with van der Waals surface area (Å²) in [5, 5.41) is 5.11. The Morgan fingerprint density at radius 1 is 1.00 bits per heavy atom. The molecule has 0 aromatic rings. The van der Waals surface area contributed by atoms with Crippen LogP contribution in [-0.2, 0) is 0 Å². The smallest absolute Gasteiger partial charge is 0.328 e. The molecule has 0 spiro atoms. The van der Waals surface area contributed by atoms with Crippen LogP contribution in [0, 0.1) is 0 Å². The van der Waals surface area contributed by atoms with Crippen LogP contribution in [0.2, 0.25) is 0 Å². The standard InChI is InChI=1S/C8H14F3N3.2ClH/c9-8(10,11)7-13-5-2-1-4(12)3-6(5)14-7;;/h4-7,13-14H,1-3,12H2;2*1H. The van der Waals surface area contributed by atoms with E-state index in [-0.39, 0.29) is 42.9 Å². The van der Waals surface area contributed by atoms with Gasteiger partial charge in [0.2, 0.25) is 0 Å². The van der Waals surface area contributed by atoms with Crippen molar-refractivity contribution in [2.75, 3.05) is 0 Å². The molecule has 2 fully saturated rings. The summed E-state index contributed by atoms with van der Waals surface area (Å²) in [5.41, 5.74) is 5.70. The minimum Gasteiger partial charge on any atom is -0.328 e. The number of nitrogens with one attached hydrogen (secondary N) is 2. The van der Waals surface area contributed by atoms with E-state index in [2.05, 4.69) is 10.6 Å². The van der Waals surface area contributed by atoms with Crippen LogP contribution in [0.15, 0.2) is 0 Å². The molecule has 4 atom stereocenters. The van der Waals surface area contributed by atoms with Crippen LogP contribution in [0.3, 0.4) is 0 Å². The summed E-state index contributed by atoms with van der Waals surface area (Å²) in [6.45, 7) is 0. The largest absolute Gasteiger partial charge is 0.417 e. The summed E-state index contributed by atoms with van der Waals surface area (Å²) >= 11 is 0.